The van der Waals surface area contributed by atoms with E-state index < -0.39 is 0 Å². The molecule has 1 aromatic carbocycles. The van der Waals surface area contributed by atoms with Crippen LogP contribution in [0.25, 0.3) is 11.1 Å². The Morgan fingerprint density at radius 2 is 1.83 bits per heavy atom. The third-order valence-corrected chi connectivity index (χ3v) is 5.00. The van der Waals surface area contributed by atoms with E-state index in [1.807, 2.05) is 35.2 Å². The van der Waals surface area contributed by atoms with Crippen LogP contribution in [0.5, 0.6) is 0 Å². The molecular weight excluding hydrogens is 368 g/mol. The quantitative estimate of drug-likeness (QED) is 0.655. The second kappa shape index (κ2) is 6.48. The molecule has 0 unspecified atom stereocenters. The van der Waals surface area contributed by atoms with E-state index in [1.165, 1.54) is 12.0 Å². The zero-order valence-electron chi connectivity index (χ0n) is 13.4. The molecule has 0 atom stereocenters. The van der Waals surface area contributed by atoms with E-state index >= 15 is 0 Å². The first-order valence-corrected chi connectivity index (χ1v) is 9.13. The highest BCUT2D eigenvalue weighted by atomic mass is 79.9. The van der Waals surface area contributed by atoms with Gasteiger partial charge in [-0.3, -0.25) is 4.79 Å². The first kappa shape index (κ1) is 15.5. The average Bonchev–Trinajstić information content (AvgIpc) is 3.13. The van der Waals surface area contributed by atoms with Crippen LogP contribution in [-0.2, 0) is 6.54 Å². The number of fused-ring (bicyclic) bond motifs is 1. The summed E-state index contributed by atoms with van der Waals surface area (Å²) in [4.78, 5) is 15.0. The highest BCUT2D eigenvalue weighted by Crippen LogP contribution is 2.29. The first-order chi connectivity index (χ1) is 11.7. The number of amides is 1. The molecule has 0 N–H and O–H groups in total. The Morgan fingerprint density at radius 1 is 1.08 bits per heavy atom. The fourth-order valence-corrected chi connectivity index (χ4v) is 3.78. The summed E-state index contributed by atoms with van der Waals surface area (Å²) in [5.41, 5.74) is 3.58. The number of likely N-dealkylation sites (tertiary alicyclic amines) is 1. The summed E-state index contributed by atoms with van der Waals surface area (Å²) in [5.74, 6) is 0.105. The summed E-state index contributed by atoms with van der Waals surface area (Å²) in [5, 5.41) is 0. The predicted molar refractivity (Wildman–Crippen MR) is 97.2 cm³/mol. The van der Waals surface area contributed by atoms with Crippen LogP contribution in [0.1, 0.15) is 35.3 Å². The van der Waals surface area contributed by atoms with Crippen LogP contribution in [-0.4, -0.2) is 28.5 Å². The van der Waals surface area contributed by atoms with Crippen LogP contribution in [0.15, 0.2) is 51.6 Å². The molecule has 2 aromatic heterocycles. The van der Waals surface area contributed by atoms with Crippen molar-refractivity contribution in [3.8, 4) is 0 Å². The molecule has 0 radical (unpaired) electrons. The Hall–Kier alpha value is -2.01. The molecule has 0 spiro atoms. The maximum atomic E-state index is 13.0. The second-order valence-corrected chi connectivity index (χ2v) is 7.04. The maximum absolute atomic E-state index is 13.0. The van der Waals surface area contributed by atoms with Crippen molar-refractivity contribution in [1.82, 2.24) is 9.47 Å². The highest BCUT2D eigenvalue weighted by Gasteiger charge is 2.24. The van der Waals surface area contributed by atoms with Crippen molar-refractivity contribution in [1.29, 1.82) is 0 Å². The Bertz CT molecular complexity index is 860. The second-order valence-electron chi connectivity index (χ2n) is 6.25. The number of hydrogen-bond acceptors (Lipinski definition) is 2. The lowest BCUT2D eigenvalue weighted by atomic mass is 10.1. The van der Waals surface area contributed by atoms with Gasteiger partial charge in [-0.2, -0.15) is 0 Å². The van der Waals surface area contributed by atoms with Crippen molar-refractivity contribution >= 4 is 32.9 Å². The molecule has 1 saturated heterocycles. The number of benzene rings is 1. The van der Waals surface area contributed by atoms with Gasteiger partial charge in [0.1, 0.15) is 5.69 Å². The summed E-state index contributed by atoms with van der Waals surface area (Å²) in [6.07, 6.45) is 3.39. The minimum absolute atomic E-state index is 0.105. The highest BCUT2D eigenvalue weighted by molar-refractivity contribution is 9.10. The van der Waals surface area contributed by atoms with Crippen LogP contribution in [0, 0.1) is 0 Å². The molecular formula is C19H19BrN2O2. The maximum Gasteiger partial charge on any atom is 0.270 e. The molecule has 124 valence electrons. The molecule has 1 aliphatic rings. The van der Waals surface area contributed by atoms with E-state index in [0.717, 1.165) is 37.0 Å². The summed E-state index contributed by atoms with van der Waals surface area (Å²) in [6, 6.07) is 14.0. The SMILES string of the molecule is O=C(c1cc2oc(Br)cc2n1Cc1ccccc1)N1CCCCC1. The van der Waals surface area contributed by atoms with Crippen molar-refractivity contribution in [3.63, 3.8) is 0 Å². The van der Waals surface area contributed by atoms with E-state index in [4.69, 9.17) is 4.42 Å². The number of piperidine rings is 1. The van der Waals surface area contributed by atoms with Gasteiger partial charge in [0.2, 0.25) is 0 Å². The lowest BCUT2D eigenvalue weighted by Gasteiger charge is -2.27. The van der Waals surface area contributed by atoms with Gasteiger partial charge >= 0.3 is 0 Å². The van der Waals surface area contributed by atoms with Gasteiger partial charge < -0.3 is 13.9 Å². The van der Waals surface area contributed by atoms with Gasteiger partial charge in [0.25, 0.3) is 5.91 Å². The smallest absolute Gasteiger partial charge is 0.270 e. The van der Waals surface area contributed by atoms with Gasteiger partial charge in [0.15, 0.2) is 10.3 Å². The fraction of sp³-hybridized carbons (Fsp3) is 0.316. The number of carbonyl (C=O) groups excluding carboxylic acids is 1. The largest absolute Gasteiger partial charge is 0.448 e. The molecule has 4 rings (SSSR count). The standard InChI is InChI=1S/C19H19BrN2O2/c20-18-12-15-17(24-18)11-16(19(23)21-9-5-2-6-10-21)22(15)13-14-7-3-1-4-8-14/h1,3-4,7-8,11-12H,2,5-6,9-10,13H2. The first-order valence-electron chi connectivity index (χ1n) is 8.34. The van der Waals surface area contributed by atoms with Gasteiger partial charge in [-0.1, -0.05) is 30.3 Å². The molecule has 1 fully saturated rings. The Morgan fingerprint density at radius 3 is 2.58 bits per heavy atom. The minimum atomic E-state index is 0.105. The van der Waals surface area contributed by atoms with Crippen LogP contribution in [0.3, 0.4) is 0 Å². The lowest BCUT2D eigenvalue weighted by molar-refractivity contribution is 0.0714. The summed E-state index contributed by atoms with van der Waals surface area (Å²) in [7, 11) is 0. The van der Waals surface area contributed by atoms with Crippen LogP contribution in [0.2, 0.25) is 0 Å². The molecule has 1 aliphatic heterocycles. The third-order valence-electron chi connectivity index (χ3n) is 4.61. The van der Waals surface area contributed by atoms with E-state index in [9.17, 15) is 4.79 Å². The van der Waals surface area contributed by atoms with Crippen LogP contribution < -0.4 is 0 Å². The van der Waals surface area contributed by atoms with E-state index in [1.54, 1.807) is 0 Å². The molecule has 24 heavy (non-hydrogen) atoms. The zero-order chi connectivity index (χ0) is 16.5. The van der Waals surface area contributed by atoms with Crippen LogP contribution in [0.4, 0.5) is 0 Å². The summed E-state index contributed by atoms with van der Waals surface area (Å²) in [6.45, 7) is 2.35. The Balaban J connectivity index is 1.75. The number of nitrogens with zero attached hydrogens (tertiary/aromatic N) is 2. The monoisotopic (exact) mass is 386 g/mol. The van der Waals surface area contributed by atoms with E-state index in [-0.39, 0.29) is 5.91 Å². The molecule has 0 aliphatic carbocycles. The Kier molecular flexibility index (Phi) is 4.19. The van der Waals surface area contributed by atoms with Gasteiger partial charge in [-0.15, -0.1) is 0 Å². The molecule has 3 heterocycles. The normalized spacial score (nSPS) is 15.1. The minimum Gasteiger partial charge on any atom is -0.448 e. The van der Waals surface area contributed by atoms with Crippen molar-refractivity contribution in [2.24, 2.45) is 0 Å². The van der Waals surface area contributed by atoms with Gasteiger partial charge in [0.05, 0.1) is 5.52 Å². The van der Waals surface area contributed by atoms with Gasteiger partial charge in [0, 0.05) is 31.8 Å². The molecule has 0 bridgehead atoms. The number of furan rings is 1. The Labute approximate surface area is 149 Å². The predicted octanol–water partition coefficient (Wildman–Crippen LogP) is 4.67. The molecule has 5 heteroatoms. The van der Waals surface area contributed by atoms with E-state index in [2.05, 4.69) is 32.6 Å². The van der Waals surface area contributed by atoms with Gasteiger partial charge in [-0.05, 0) is 40.8 Å². The number of hydrogen-bond donors (Lipinski definition) is 0. The van der Waals surface area contributed by atoms with Crippen molar-refractivity contribution in [2.45, 2.75) is 25.8 Å². The fourth-order valence-electron chi connectivity index (χ4n) is 3.38. The van der Waals surface area contributed by atoms with Crippen LogP contribution >= 0.6 is 15.9 Å². The number of carbonyl (C=O) groups is 1. The third kappa shape index (κ3) is 2.88. The van der Waals surface area contributed by atoms with Crippen molar-refractivity contribution in [2.75, 3.05) is 13.1 Å². The van der Waals surface area contributed by atoms with Gasteiger partial charge in [-0.25, -0.2) is 0 Å². The van der Waals surface area contributed by atoms with Crippen molar-refractivity contribution in [3.05, 3.63) is 58.4 Å². The lowest BCUT2D eigenvalue weighted by Crippen LogP contribution is -2.36. The zero-order valence-corrected chi connectivity index (χ0v) is 15.0. The number of rotatable bonds is 3. The van der Waals surface area contributed by atoms with Crippen molar-refractivity contribution < 1.29 is 9.21 Å². The summed E-state index contributed by atoms with van der Waals surface area (Å²) >= 11 is 3.39. The molecule has 4 nitrogen and oxygen atoms in total. The molecule has 3 aromatic rings. The topological polar surface area (TPSA) is 38.4 Å². The average molecular weight is 387 g/mol. The number of aromatic nitrogens is 1. The number of halogens is 1. The van der Waals surface area contributed by atoms with E-state index in [0.29, 0.717) is 16.9 Å². The summed E-state index contributed by atoms with van der Waals surface area (Å²) < 4.78 is 8.44. The molecule has 1 amide bonds. The molecule has 0 saturated carbocycles.